The predicted molar refractivity (Wildman–Crippen MR) is 77.5 cm³/mol. The second kappa shape index (κ2) is 7.21. The van der Waals surface area contributed by atoms with Gasteiger partial charge in [0.2, 0.25) is 0 Å². The number of carbonyl (C=O) groups excluding carboxylic acids is 1. The molecule has 1 atom stereocenters. The summed E-state index contributed by atoms with van der Waals surface area (Å²) in [5.74, 6) is -0.291. The van der Waals surface area contributed by atoms with E-state index in [1.165, 1.54) is 7.11 Å². The molecule has 1 heterocycles. The zero-order valence-corrected chi connectivity index (χ0v) is 12.4. The van der Waals surface area contributed by atoms with Gasteiger partial charge in [-0.3, -0.25) is 4.90 Å². The first kappa shape index (κ1) is 15.5. The van der Waals surface area contributed by atoms with E-state index in [1.54, 1.807) is 25.3 Å². The summed E-state index contributed by atoms with van der Waals surface area (Å²) < 4.78 is 10.3. The zero-order chi connectivity index (χ0) is 15.2. The third-order valence-corrected chi connectivity index (χ3v) is 3.93. The van der Waals surface area contributed by atoms with Crippen molar-refractivity contribution in [3.8, 4) is 6.07 Å². The lowest BCUT2D eigenvalue weighted by molar-refractivity contribution is -0.148. The maximum absolute atomic E-state index is 12.2. The summed E-state index contributed by atoms with van der Waals surface area (Å²) in [6, 6.07) is 8.80. The Morgan fingerprint density at radius 3 is 2.67 bits per heavy atom. The van der Waals surface area contributed by atoms with Crippen molar-refractivity contribution >= 4 is 5.97 Å². The van der Waals surface area contributed by atoms with Gasteiger partial charge in [0.15, 0.2) is 0 Å². The summed E-state index contributed by atoms with van der Waals surface area (Å²) >= 11 is 0. The van der Waals surface area contributed by atoms with Gasteiger partial charge in [-0.05, 0) is 30.5 Å². The predicted octanol–water partition coefficient (Wildman–Crippen LogP) is 1.88. The molecule has 5 heteroatoms. The molecule has 1 saturated heterocycles. The van der Waals surface area contributed by atoms with Crippen LogP contribution in [0.3, 0.4) is 0 Å². The molecule has 1 aromatic carbocycles. The molecule has 0 aromatic heterocycles. The monoisotopic (exact) mass is 288 g/mol. The van der Waals surface area contributed by atoms with E-state index in [-0.39, 0.29) is 12.1 Å². The van der Waals surface area contributed by atoms with Gasteiger partial charge in [0, 0.05) is 20.2 Å². The van der Waals surface area contributed by atoms with E-state index >= 15 is 0 Å². The van der Waals surface area contributed by atoms with Crippen LogP contribution in [0.5, 0.6) is 0 Å². The van der Waals surface area contributed by atoms with Gasteiger partial charge in [0.05, 0.1) is 24.8 Å². The number of rotatable bonds is 4. The minimum atomic E-state index is -0.457. The Hall–Kier alpha value is -1.90. The van der Waals surface area contributed by atoms with Gasteiger partial charge in [0.25, 0.3) is 0 Å². The summed E-state index contributed by atoms with van der Waals surface area (Å²) in [6.07, 6.45) is 2.04. The van der Waals surface area contributed by atoms with E-state index in [0.717, 1.165) is 31.5 Å². The highest BCUT2D eigenvalue weighted by atomic mass is 16.5. The second-order valence-corrected chi connectivity index (χ2v) is 5.13. The van der Waals surface area contributed by atoms with Gasteiger partial charge in [-0.15, -0.1) is 0 Å². The van der Waals surface area contributed by atoms with Crippen molar-refractivity contribution in [2.75, 3.05) is 27.3 Å². The molecule has 112 valence electrons. The van der Waals surface area contributed by atoms with Crippen molar-refractivity contribution in [1.29, 1.82) is 5.26 Å². The first-order valence-electron chi connectivity index (χ1n) is 7.04. The fourth-order valence-corrected chi connectivity index (χ4v) is 2.76. The number of benzene rings is 1. The van der Waals surface area contributed by atoms with Crippen LogP contribution in [0.1, 0.15) is 30.0 Å². The molecule has 0 unspecified atom stereocenters. The van der Waals surface area contributed by atoms with Crippen LogP contribution >= 0.6 is 0 Å². The molecule has 21 heavy (non-hydrogen) atoms. The Labute approximate surface area is 125 Å². The fraction of sp³-hybridized carbons (Fsp3) is 0.500. The minimum absolute atomic E-state index is 0.255. The number of methoxy groups -OCH3 is 2. The van der Waals surface area contributed by atoms with Gasteiger partial charge in [-0.1, -0.05) is 12.1 Å². The van der Waals surface area contributed by atoms with E-state index in [0.29, 0.717) is 5.56 Å². The highest BCUT2D eigenvalue weighted by Gasteiger charge is 2.31. The smallest absolute Gasteiger partial charge is 0.327 e. The molecule has 0 saturated carbocycles. The van der Waals surface area contributed by atoms with Gasteiger partial charge in [0.1, 0.15) is 6.04 Å². The number of carbonyl (C=O) groups is 1. The summed E-state index contributed by atoms with van der Waals surface area (Å²) in [7, 11) is 3.11. The molecule has 0 bridgehead atoms. The Kier molecular flexibility index (Phi) is 5.32. The average Bonchev–Trinajstić information content (AvgIpc) is 2.55. The van der Waals surface area contributed by atoms with Crippen LogP contribution < -0.4 is 0 Å². The van der Waals surface area contributed by atoms with Crippen LogP contribution in [0.2, 0.25) is 0 Å². The lowest BCUT2D eigenvalue weighted by Gasteiger charge is -2.35. The SMILES string of the molecule is COC(=O)[C@H](c1cccc(C#N)c1)N1CCC(OC)CC1. The van der Waals surface area contributed by atoms with Gasteiger partial charge < -0.3 is 9.47 Å². The van der Waals surface area contributed by atoms with Crippen molar-refractivity contribution in [3.05, 3.63) is 35.4 Å². The number of hydrogen-bond donors (Lipinski definition) is 0. The third kappa shape index (κ3) is 3.60. The lowest BCUT2D eigenvalue weighted by Crippen LogP contribution is -2.42. The van der Waals surface area contributed by atoms with E-state index < -0.39 is 6.04 Å². The van der Waals surface area contributed by atoms with Gasteiger partial charge in [-0.25, -0.2) is 4.79 Å². The fourth-order valence-electron chi connectivity index (χ4n) is 2.76. The third-order valence-electron chi connectivity index (χ3n) is 3.93. The Bertz CT molecular complexity index is 531. The molecule has 1 fully saturated rings. The number of esters is 1. The van der Waals surface area contributed by atoms with Crippen LogP contribution in [0, 0.1) is 11.3 Å². The van der Waals surface area contributed by atoms with E-state index in [2.05, 4.69) is 11.0 Å². The molecule has 1 aliphatic rings. The van der Waals surface area contributed by atoms with E-state index in [9.17, 15) is 4.79 Å². The van der Waals surface area contributed by atoms with Crippen molar-refractivity contribution in [1.82, 2.24) is 4.90 Å². The maximum Gasteiger partial charge on any atom is 0.327 e. The van der Waals surface area contributed by atoms with Crippen molar-refractivity contribution in [2.24, 2.45) is 0 Å². The number of likely N-dealkylation sites (tertiary alicyclic amines) is 1. The number of nitrogens with zero attached hydrogens (tertiary/aromatic N) is 2. The first-order valence-corrected chi connectivity index (χ1v) is 7.04. The normalized spacial score (nSPS) is 18.0. The molecule has 5 nitrogen and oxygen atoms in total. The summed E-state index contributed by atoms with van der Waals surface area (Å²) in [6.45, 7) is 1.55. The number of hydrogen-bond acceptors (Lipinski definition) is 5. The number of ether oxygens (including phenoxy) is 2. The maximum atomic E-state index is 12.2. The number of piperidine rings is 1. The molecule has 0 spiro atoms. The molecule has 0 radical (unpaired) electrons. The van der Waals surface area contributed by atoms with E-state index in [1.807, 2.05) is 6.07 Å². The van der Waals surface area contributed by atoms with Crippen molar-refractivity contribution in [3.63, 3.8) is 0 Å². The highest BCUT2D eigenvalue weighted by Crippen LogP contribution is 2.27. The Balaban J connectivity index is 2.23. The summed E-state index contributed by atoms with van der Waals surface area (Å²) in [5.41, 5.74) is 1.35. The quantitative estimate of drug-likeness (QED) is 0.792. The topological polar surface area (TPSA) is 62.6 Å². The van der Waals surface area contributed by atoms with Crippen molar-refractivity contribution < 1.29 is 14.3 Å². The molecule has 1 aromatic rings. The largest absolute Gasteiger partial charge is 0.468 e. The molecular formula is C16H20N2O3. The van der Waals surface area contributed by atoms with Crippen LogP contribution in [0.15, 0.2) is 24.3 Å². The second-order valence-electron chi connectivity index (χ2n) is 5.13. The summed E-state index contributed by atoms with van der Waals surface area (Å²) in [5, 5.41) is 9.02. The van der Waals surface area contributed by atoms with Crippen LogP contribution in [-0.2, 0) is 14.3 Å². The standard InChI is InChI=1S/C16H20N2O3/c1-20-14-6-8-18(9-7-14)15(16(19)21-2)13-5-3-4-12(10-13)11-17/h3-5,10,14-15H,6-9H2,1-2H3/t15-/m0/s1. The van der Waals surface area contributed by atoms with Gasteiger partial charge in [-0.2, -0.15) is 5.26 Å². The van der Waals surface area contributed by atoms with Crippen LogP contribution in [0.4, 0.5) is 0 Å². The minimum Gasteiger partial charge on any atom is -0.468 e. The van der Waals surface area contributed by atoms with Gasteiger partial charge >= 0.3 is 5.97 Å². The Morgan fingerprint density at radius 2 is 2.10 bits per heavy atom. The first-order chi connectivity index (χ1) is 10.2. The number of nitriles is 1. The molecule has 0 N–H and O–H groups in total. The van der Waals surface area contributed by atoms with E-state index in [4.69, 9.17) is 14.7 Å². The molecule has 0 aliphatic carbocycles. The van der Waals surface area contributed by atoms with Crippen LogP contribution in [0.25, 0.3) is 0 Å². The molecule has 0 amide bonds. The average molecular weight is 288 g/mol. The molecule has 2 rings (SSSR count). The van der Waals surface area contributed by atoms with Crippen molar-refractivity contribution in [2.45, 2.75) is 25.0 Å². The molecule has 1 aliphatic heterocycles. The highest BCUT2D eigenvalue weighted by molar-refractivity contribution is 5.77. The zero-order valence-electron chi connectivity index (χ0n) is 12.4. The van der Waals surface area contributed by atoms with Crippen LogP contribution in [-0.4, -0.2) is 44.3 Å². The summed E-state index contributed by atoms with van der Waals surface area (Å²) in [4.78, 5) is 14.3. The Morgan fingerprint density at radius 1 is 1.38 bits per heavy atom. The lowest BCUT2D eigenvalue weighted by atomic mass is 9.99. The molecular weight excluding hydrogens is 268 g/mol.